The molecule has 0 N–H and O–H groups in total. The predicted octanol–water partition coefficient (Wildman–Crippen LogP) is 2.74. The van der Waals surface area contributed by atoms with Gasteiger partial charge in [0.05, 0.1) is 0 Å². The van der Waals surface area contributed by atoms with E-state index in [1.54, 1.807) is 14.0 Å². The van der Waals surface area contributed by atoms with Crippen LogP contribution >= 0.6 is 0 Å². The van der Waals surface area contributed by atoms with Crippen LogP contribution in [0.1, 0.15) is 20.3 Å². The molecule has 0 radical (unpaired) electrons. The van der Waals surface area contributed by atoms with Crippen LogP contribution in [0.15, 0.2) is 24.7 Å². The quantitative estimate of drug-likeness (QED) is 0.203. The van der Waals surface area contributed by atoms with Crippen LogP contribution in [0.2, 0.25) is 12.6 Å². The summed E-state index contributed by atoms with van der Waals surface area (Å²) in [6, 6.07) is 0.734. The Kier molecular flexibility index (Phi) is 8.38. The molecule has 0 amide bonds. The van der Waals surface area contributed by atoms with Crippen LogP contribution in [0.5, 0.6) is 0 Å². The summed E-state index contributed by atoms with van der Waals surface area (Å²) in [5.41, 5.74) is 0.295. The number of hydrogen-bond acceptors (Lipinski definition) is 5. The molecular weight excluding hydrogens is 264 g/mol. The Balaban J connectivity index is 4.42. The van der Waals surface area contributed by atoms with Crippen LogP contribution in [0, 0.1) is 0 Å². The maximum absolute atomic E-state index is 11.3. The van der Waals surface area contributed by atoms with E-state index in [9.17, 15) is 4.79 Å². The zero-order chi connectivity index (χ0) is 14.9. The highest BCUT2D eigenvalue weighted by atomic mass is 28.4. The average Bonchev–Trinajstić information content (AvgIpc) is 2.28. The Hall–Kier alpha value is -1.11. The molecule has 0 bridgehead atoms. The van der Waals surface area contributed by atoms with Crippen molar-refractivity contribution >= 4 is 14.5 Å². The third kappa shape index (κ3) is 7.81. The second-order valence-electron chi connectivity index (χ2n) is 4.31. The monoisotopic (exact) mass is 288 g/mol. The highest BCUT2D eigenvalue weighted by Gasteiger charge is 2.34. The summed E-state index contributed by atoms with van der Waals surface area (Å²) in [6.45, 7) is 13.6. The molecule has 0 heterocycles. The molecule has 0 saturated heterocycles. The molecule has 1 unspecified atom stereocenters. The van der Waals surface area contributed by atoms with E-state index in [-0.39, 0.29) is 5.95 Å². The number of esters is 1. The van der Waals surface area contributed by atoms with E-state index in [1.807, 2.05) is 13.5 Å². The average molecular weight is 288 g/mol. The number of carbonyl (C=O) groups is 1. The van der Waals surface area contributed by atoms with E-state index >= 15 is 0 Å². The first-order valence-corrected chi connectivity index (χ1v) is 8.75. The Morgan fingerprint density at radius 3 is 2.42 bits per heavy atom. The van der Waals surface area contributed by atoms with Crippen molar-refractivity contribution in [1.29, 1.82) is 0 Å². The molecule has 0 aromatic heterocycles. The number of hydrogen-bond donors (Lipinski definition) is 0. The summed E-state index contributed by atoms with van der Waals surface area (Å²) in [5.74, 6) is -0.581. The Bertz CT molecular complexity index is 329. The van der Waals surface area contributed by atoms with Gasteiger partial charge < -0.3 is 18.3 Å². The third-order valence-corrected chi connectivity index (χ3v) is 5.13. The summed E-state index contributed by atoms with van der Waals surface area (Å²) in [6.07, 6.45) is 0.820. The minimum Gasteiger partial charge on any atom is -0.494 e. The van der Waals surface area contributed by atoms with Crippen molar-refractivity contribution in [3.63, 3.8) is 0 Å². The number of ether oxygens (including phenoxy) is 2. The van der Waals surface area contributed by atoms with Gasteiger partial charge in [0.25, 0.3) is 5.95 Å². The van der Waals surface area contributed by atoms with Crippen molar-refractivity contribution in [2.24, 2.45) is 0 Å². The predicted molar refractivity (Wildman–Crippen MR) is 75.7 cm³/mol. The van der Waals surface area contributed by atoms with Gasteiger partial charge in [0.15, 0.2) is 0 Å². The zero-order valence-electron chi connectivity index (χ0n) is 12.3. The van der Waals surface area contributed by atoms with E-state index in [1.165, 1.54) is 0 Å². The smallest absolute Gasteiger partial charge is 0.398 e. The lowest BCUT2D eigenvalue weighted by atomic mass is 10.4. The topological polar surface area (TPSA) is 54.0 Å². The third-order valence-electron chi connectivity index (χ3n) is 2.31. The van der Waals surface area contributed by atoms with Crippen LogP contribution in [-0.4, -0.2) is 34.9 Å². The molecule has 110 valence electrons. The van der Waals surface area contributed by atoms with Crippen molar-refractivity contribution < 1.29 is 23.1 Å². The maximum atomic E-state index is 11.3. The Morgan fingerprint density at radius 2 is 1.95 bits per heavy atom. The molecule has 0 rings (SSSR count). The van der Waals surface area contributed by atoms with Gasteiger partial charge in [-0.15, -0.1) is 0 Å². The molecule has 0 fully saturated rings. The van der Waals surface area contributed by atoms with Crippen molar-refractivity contribution in [3.8, 4) is 0 Å². The molecule has 0 aliphatic heterocycles. The molecule has 19 heavy (non-hydrogen) atoms. The molecular formula is C13H24O5Si. The Labute approximate surface area is 116 Å². The first kappa shape index (κ1) is 17.9. The molecule has 0 aromatic carbocycles. The minimum atomic E-state index is -2.44. The fraction of sp³-hybridized carbons (Fsp3) is 0.615. The second-order valence-corrected chi connectivity index (χ2v) is 7.57. The maximum Gasteiger partial charge on any atom is 0.398 e. The van der Waals surface area contributed by atoms with Gasteiger partial charge in [-0.1, -0.05) is 6.58 Å². The zero-order valence-corrected chi connectivity index (χ0v) is 13.3. The van der Waals surface area contributed by atoms with Gasteiger partial charge in [-0.05, 0) is 33.4 Å². The van der Waals surface area contributed by atoms with E-state index < -0.39 is 14.5 Å². The van der Waals surface area contributed by atoms with Crippen molar-refractivity contribution in [1.82, 2.24) is 0 Å². The Morgan fingerprint density at radius 1 is 1.32 bits per heavy atom. The van der Waals surface area contributed by atoms with Crippen molar-refractivity contribution in [2.75, 3.05) is 20.3 Å². The lowest BCUT2D eigenvalue weighted by Gasteiger charge is -2.27. The minimum absolute atomic E-state index is 0.0342. The fourth-order valence-electron chi connectivity index (χ4n) is 1.45. The molecule has 1 atom stereocenters. The van der Waals surface area contributed by atoms with Crippen molar-refractivity contribution in [2.45, 2.75) is 32.9 Å². The number of methoxy groups -OCH3 is 1. The van der Waals surface area contributed by atoms with Crippen LogP contribution in [0.3, 0.4) is 0 Å². The molecule has 0 aromatic rings. The van der Waals surface area contributed by atoms with E-state index in [4.69, 9.17) is 18.3 Å². The fourth-order valence-corrected chi connectivity index (χ4v) is 3.67. The summed E-state index contributed by atoms with van der Waals surface area (Å²) < 4.78 is 21.2. The second kappa shape index (κ2) is 8.90. The summed E-state index contributed by atoms with van der Waals surface area (Å²) in [5, 5.41) is 0. The van der Waals surface area contributed by atoms with E-state index in [0.717, 1.165) is 12.5 Å². The SMILES string of the molecule is C=C(OC(=O)C(=C)C)O[Si](C)(CCCOC)OCC. The summed E-state index contributed by atoms with van der Waals surface area (Å²) >= 11 is 0. The van der Waals surface area contributed by atoms with Crippen LogP contribution in [0.25, 0.3) is 0 Å². The molecule has 0 spiro atoms. The molecule has 0 aliphatic carbocycles. The lowest BCUT2D eigenvalue weighted by molar-refractivity contribution is -0.138. The van der Waals surface area contributed by atoms with Crippen LogP contribution in [-0.2, 0) is 23.1 Å². The summed E-state index contributed by atoms with van der Waals surface area (Å²) in [4.78, 5) is 11.3. The van der Waals surface area contributed by atoms with Gasteiger partial charge in [-0.25, -0.2) is 4.79 Å². The van der Waals surface area contributed by atoms with Gasteiger partial charge in [-0.3, -0.25) is 0 Å². The van der Waals surface area contributed by atoms with Gasteiger partial charge in [0, 0.05) is 31.9 Å². The van der Waals surface area contributed by atoms with Crippen molar-refractivity contribution in [3.05, 3.63) is 24.7 Å². The first-order valence-electron chi connectivity index (χ1n) is 6.23. The highest BCUT2D eigenvalue weighted by Crippen LogP contribution is 2.20. The molecule has 6 heteroatoms. The van der Waals surface area contributed by atoms with Gasteiger partial charge in [0.1, 0.15) is 0 Å². The van der Waals surface area contributed by atoms with E-state index in [0.29, 0.717) is 18.8 Å². The van der Waals surface area contributed by atoms with Gasteiger partial charge in [-0.2, -0.15) is 0 Å². The van der Waals surface area contributed by atoms with Gasteiger partial charge >= 0.3 is 14.5 Å². The molecule has 5 nitrogen and oxygen atoms in total. The number of carbonyl (C=O) groups excluding carboxylic acids is 1. The largest absolute Gasteiger partial charge is 0.494 e. The van der Waals surface area contributed by atoms with Crippen LogP contribution < -0.4 is 0 Å². The molecule has 0 aliphatic rings. The molecule has 0 saturated carbocycles. The standard InChI is InChI=1S/C13H24O5Si/c1-7-16-19(6,10-8-9-15-5)18-12(4)17-13(14)11(2)3/h2,4,7-10H2,1,3,5-6H3. The van der Waals surface area contributed by atoms with Crippen LogP contribution in [0.4, 0.5) is 0 Å². The summed E-state index contributed by atoms with van der Waals surface area (Å²) in [7, 11) is -0.791. The van der Waals surface area contributed by atoms with E-state index in [2.05, 4.69) is 13.2 Å². The first-order chi connectivity index (χ1) is 8.84. The normalized spacial score (nSPS) is 13.5. The van der Waals surface area contributed by atoms with Gasteiger partial charge in [0.2, 0.25) is 0 Å². The number of rotatable bonds is 10. The highest BCUT2D eigenvalue weighted by molar-refractivity contribution is 6.66. The lowest BCUT2D eigenvalue weighted by Crippen LogP contribution is -2.39.